The van der Waals surface area contributed by atoms with Crippen molar-refractivity contribution in [1.29, 1.82) is 0 Å². The summed E-state index contributed by atoms with van der Waals surface area (Å²) < 4.78 is 19.9. The van der Waals surface area contributed by atoms with Crippen LogP contribution in [0.15, 0.2) is 0 Å². The highest BCUT2D eigenvalue weighted by atomic mass is 31.2. The summed E-state index contributed by atoms with van der Waals surface area (Å²) in [6.07, 6.45) is -0.244. The number of likely N-dealkylation sites (N-methyl/N-ethyl adjacent to an activating group) is 1. The van der Waals surface area contributed by atoms with Gasteiger partial charge in [0, 0.05) is 13.1 Å². The SMILES string of the molecule is CN1CCO[C@H](COP(=O)(O)O)C1. The molecule has 2 N–H and O–H groups in total. The molecule has 0 radical (unpaired) electrons. The van der Waals surface area contributed by atoms with Gasteiger partial charge in [-0.05, 0) is 7.05 Å². The van der Waals surface area contributed by atoms with Crippen molar-refractivity contribution in [1.82, 2.24) is 4.90 Å². The Morgan fingerprint density at radius 1 is 1.69 bits per heavy atom. The number of phosphoric ester groups is 1. The van der Waals surface area contributed by atoms with E-state index in [2.05, 4.69) is 4.52 Å². The fourth-order valence-electron chi connectivity index (χ4n) is 1.15. The van der Waals surface area contributed by atoms with Crippen LogP contribution >= 0.6 is 7.82 Å². The van der Waals surface area contributed by atoms with E-state index in [1.165, 1.54) is 0 Å². The second-order valence-electron chi connectivity index (χ2n) is 3.04. The highest BCUT2D eigenvalue weighted by molar-refractivity contribution is 7.46. The molecule has 1 rings (SSSR count). The van der Waals surface area contributed by atoms with Gasteiger partial charge in [-0.25, -0.2) is 4.57 Å². The van der Waals surface area contributed by atoms with Gasteiger partial charge in [0.1, 0.15) is 0 Å². The highest BCUT2D eigenvalue weighted by Crippen LogP contribution is 2.35. The number of morpholine rings is 1. The number of nitrogens with zero attached hydrogens (tertiary/aromatic N) is 1. The Hall–Kier alpha value is 0.0300. The second kappa shape index (κ2) is 4.50. The number of rotatable bonds is 3. The molecule has 1 aliphatic heterocycles. The van der Waals surface area contributed by atoms with E-state index in [0.29, 0.717) is 13.2 Å². The van der Waals surface area contributed by atoms with Gasteiger partial charge in [-0.3, -0.25) is 4.52 Å². The van der Waals surface area contributed by atoms with Crippen molar-refractivity contribution in [2.24, 2.45) is 0 Å². The van der Waals surface area contributed by atoms with Gasteiger partial charge in [0.25, 0.3) is 0 Å². The van der Waals surface area contributed by atoms with Crippen LogP contribution in [0.3, 0.4) is 0 Å². The first-order valence-corrected chi connectivity index (χ1v) is 5.50. The lowest BCUT2D eigenvalue weighted by molar-refractivity contribution is -0.0446. The summed E-state index contributed by atoms with van der Waals surface area (Å²) in [5.41, 5.74) is 0. The van der Waals surface area contributed by atoms with Crippen LogP contribution < -0.4 is 0 Å². The molecule has 0 spiro atoms. The molecule has 6 nitrogen and oxygen atoms in total. The van der Waals surface area contributed by atoms with Crippen LogP contribution in [-0.4, -0.2) is 54.1 Å². The van der Waals surface area contributed by atoms with E-state index in [-0.39, 0.29) is 12.7 Å². The highest BCUT2D eigenvalue weighted by Gasteiger charge is 2.22. The molecule has 0 bridgehead atoms. The molecule has 0 aromatic heterocycles. The fourth-order valence-corrected chi connectivity index (χ4v) is 1.51. The summed E-state index contributed by atoms with van der Waals surface area (Å²) in [6.45, 7) is 1.99. The van der Waals surface area contributed by atoms with Gasteiger partial charge in [0.05, 0.1) is 19.3 Å². The first kappa shape index (κ1) is 11.1. The predicted octanol–water partition coefficient (Wildman–Crippen LogP) is -0.574. The van der Waals surface area contributed by atoms with Crippen LogP contribution in [0, 0.1) is 0 Å². The zero-order valence-corrected chi connectivity index (χ0v) is 8.31. The maximum atomic E-state index is 10.4. The lowest BCUT2D eigenvalue weighted by Crippen LogP contribution is -2.42. The molecule has 0 aromatic rings. The number of hydrogen-bond acceptors (Lipinski definition) is 4. The normalized spacial score (nSPS) is 26.2. The molecular weight excluding hydrogens is 197 g/mol. The molecule has 7 heteroatoms. The maximum absolute atomic E-state index is 10.4. The Balaban J connectivity index is 2.25. The lowest BCUT2D eigenvalue weighted by Gasteiger charge is -2.29. The van der Waals surface area contributed by atoms with Crippen molar-refractivity contribution in [3.8, 4) is 0 Å². The smallest absolute Gasteiger partial charge is 0.373 e. The van der Waals surface area contributed by atoms with Gasteiger partial charge < -0.3 is 19.4 Å². The van der Waals surface area contributed by atoms with Crippen molar-refractivity contribution in [2.45, 2.75) is 6.10 Å². The third kappa shape index (κ3) is 4.71. The average molecular weight is 211 g/mol. The molecule has 1 saturated heterocycles. The first-order valence-electron chi connectivity index (χ1n) is 3.97. The summed E-state index contributed by atoms with van der Waals surface area (Å²) >= 11 is 0. The summed E-state index contributed by atoms with van der Waals surface area (Å²) in [5.74, 6) is 0. The Bertz CT molecular complexity index is 205. The van der Waals surface area contributed by atoms with Gasteiger partial charge in [-0.15, -0.1) is 0 Å². The van der Waals surface area contributed by atoms with Crippen molar-refractivity contribution in [2.75, 3.05) is 33.4 Å². The fraction of sp³-hybridized carbons (Fsp3) is 1.00. The molecule has 0 unspecified atom stereocenters. The van der Waals surface area contributed by atoms with E-state index in [1.807, 2.05) is 11.9 Å². The van der Waals surface area contributed by atoms with Crippen LogP contribution in [0.5, 0.6) is 0 Å². The molecule has 1 atom stereocenters. The lowest BCUT2D eigenvalue weighted by atomic mass is 10.3. The third-order valence-electron chi connectivity index (χ3n) is 1.77. The monoisotopic (exact) mass is 211 g/mol. The van der Waals surface area contributed by atoms with Gasteiger partial charge in [-0.2, -0.15) is 0 Å². The molecule has 0 aliphatic carbocycles. The summed E-state index contributed by atoms with van der Waals surface area (Å²) in [5, 5.41) is 0. The summed E-state index contributed by atoms with van der Waals surface area (Å²) in [6, 6.07) is 0. The number of ether oxygens (including phenoxy) is 1. The topological polar surface area (TPSA) is 79.2 Å². The molecule has 1 heterocycles. The Labute approximate surface area is 76.7 Å². The molecule has 0 aromatic carbocycles. The molecule has 1 fully saturated rings. The van der Waals surface area contributed by atoms with Crippen LogP contribution in [0.4, 0.5) is 0 Å². The molecule has 13 heavy (non-hydrogen) atoms. The van der Waals surface area contributed by atoms with E-state index >= 15 is 0 Å². The minimum Gasteiger partial charge on any atom is -0.373 e. The van der Waals surface area contributed by atoms with E-state index in [4.69, 9.17) is 14.5 Å². The maximum Gasteiger partial charge on any atom is 0.469 e. The quantitative estimate of drug-likeness (QED) is 0.608. The predicted molar refractivity (Wildman–Crippen MR) is 45.2 cm³/mol. The first-order chi connectivity index (χ1) is 5.97. The van der Waals surface area contributed by atoms with Crippen molar-refractivity contribution in [3.05, 3.63) is 0 Å². The standard InChI is InChI=1S/C6H14NO5P/c1-7-2-3-11-6(4-7)5-12-13(8,9)10/h6H,2-5H2,1H3,(H2,8,9,10)/t6-/m0/s1. The van der Waals surface area contributed by atoms with Crippen molar-refractivity contribution >= 4 is 7.82 Å². The minimum atomic E-state index is -4.35. The molecule has 0 amide bonds. The van der Waals surface area contributed by atoms with Gasteiger partial charge >= 0.3 is 7.82 Å². The van der Waals surface area contributed by atoms with E-state index in [1.54, 1.807) is 0 Å². The van der Waals surface area contributed by atoms with Crippen LogP contribution in [0.2, 0.25) is 0 Å². The van der Waals surface area contributed by atoms with Crippen LogP contribution in [-0.2, 0) is 13.8 Å². The Kier molecular flexibility index (Phi) is 3.85. The van der Waals surface area contributed by atoms with Gasteiger partial charge in [0.2, 0.25) is 0 Å². The van der Waals surface area contributed by atoms with E-state index in [9.17, 15) is 4.57 Å². The van der Waals surface area contributed by atoms with Crippen LogP contribution in [0.1, 0.15) is 0 Å². The summed E-state index contributed by atoms with van der Waals surface area (Å²) in [4.78, 5) is 18.9. The molecule has 78 valence electrons. The zero-order valence-electron chi connectivity index (χ0n) is 7.42. The zero-order chi connectivity index (χ0) is 9.90. The average Bonchev–Trinajstić information content (AvgIpc) is 2.00. The third-order valence-corrected chi connectivity index (χ3v) is 2.26. The Morgan fingerprint density at radius 3 is 2.92 bits per heavy atom. The van der Waals surface area contributed by atoms with E-state index < -0.39 is 7.82 Å². The Morgan fingerprint density at radius 2 is 2.38 bits per heavy atom. The molecular formula is C6H14NO5P. The van der Waals surface area contributed by atoms with E-state index in [0.717, 1.165) is 6.54 Å². The summed E-state index contributed by atoms with van der Waals surface area (Å²) in [7, 11) is -2.43. The van der Waals surface area contributed by atoms with Gasteiger partial charge in [0.15, 0.2) is 0 Å². The number of hydrogen-bond donors (Lipinski definition) is 2. The van der Waals surface area contributed by atoms with Crippen molar-refractivity contribution in [3.63, 3.8) is 0 Å². The molecule has 1 aliphatic rings. The van der Waals surface area contributed by atoms with Gasteiger partial charge in [-0.1, -0.05) is 0 Å². The largest absolute Gasteiger partial charge is 0.469 e. The second-order valence-corrected chi connectivity index (χ2v) is 4.28. The van der Waals surface area contributed by atoms with Crippen LogP contribution in [0.25, 0.3) is 0 Å². The minimum absolute atomic E-state index is 0.0609. The van der Waals surface area contributed by atoms with Crippen molar-refractivity contribution < 1.29 is 23.6 Å². The number of phosphoric acid groups is 1. The molecule has 0 saturated carbocycles.